The summed E-state index contributed by atoms with van der Waals surface area (Å²) in [6, 6.07) is -0.0378. The van der Waals surface area contributed by atoms with Crippen molar-refractivity contribution >= 4 is 5.91 Å². The quantitative estimate of drug-likeness (QED) is 0.698. The van der Waals surface area contributed by atoms with Gasteiger partial charge in [-0.3, -0.25) is 9.89 Å². The van der Waals surface area contributed by atoms with Crippen LogP contribution in [0.15, 0.2) is 12.4 Å². The first kappa shape index (κ1) is 12.7. The van der Waals surface area contributed by atoms with Gasteiger partial charge in [-0.05, 0) is 27.3 Å². The van der Waals surface area contributed by atoms with E-state index in [0.29, 0.717) is 0 Å². The molecule has 0 radical (unpaired) electrons. The molecule has 0 aliphatic heterocycles. The third kappa shape index (κ3) is 3.06. The van der Waals surface area contributed by atoms with Crippen LogP contribution in [0.25, 0.3) is 0 Å². The third-order valence-electron chi connectivity index (χ3n) is 2.55. The highest BCUT2D eigenvalue weighted by molar-refractivity contribution is 5.85. The SMILES string of the molecule is CCNC(C)(C)C(=O)NC(C)c1cn[nH]c1. The molecule has 5 nitrogen and oxygen atoms in total. The monoisotopic (exact) mass is 224 g/mol. The number of aromatic nitrogens is 2. The van der Waals surface area contributed by atoms with Crippen molar-refractivity contribution < 1.29 is 4.79 Å². The normalized spacial score (nSPS) is 13.5. The number of rotatable bonds is 5. The molecular formula is C11H20N4O. The minimum atomic E-state index is -0.549. The van der Waals surface area contributed by atoms with E-state index >= 15 is 0 Å². The number of amides is 1. The van der Waals surface area contributed by atoms with E-state index in [1.165, 1.54) is 0 Å². The average molecular weight is 224 g/mol. The largest absolute Gasteiger partial charge is 0.348 e. The third-order valence-corrected chi connectivity index (χ3v) is 2.55. The summed E-state index contributed by atoms with van der Waals surface area (Å²) in [4.78, 5) is 12.0. The molecule has 1 atom stereocenters. The van der Waals surface area contributed by atoms with Gasteiger partial charge in [0, 0.05) is 11.8 Å². The molecule has 0 saturated heterocycles. The molecule has 0 aliphatic rings. The van der Waals surface area contributed by atoms with Crippen molar-refractivity contribution in [3.8, 4) is 0 Å². The van der Waals surface area contributed by atoms with Gasteiger partial charge in [0.2, 0.25) is 5.91 Å². The summed E-state index contributed by atoms with van der Waals surface area (Å²) in [7, 11) is 0. The smallest absolute Gasteiger partial charge is 0.240 e. The highest BCUT2D eigenvalue weighted by Gasteiger charge is 2.27. The summed E-state index contributed by atoms with van der Waals surface area (Å²) in [5.74, 6) is -0.0111. The molecule has 0 spiro atoms. The molecule has 1 aromatic heterocycles. The van der Waals surface area contributed by atoms with Crippen LogP contribution in [0.1, 0.15) is 39.3 Å². The van der Waals surface area contributed by atoms with Crippen LogP contribution in [0.5, 0.6) is 0 Å². The second-order valence-electron chi connectivity index (χ2n) is 4.38. The van der Waals surface area contributed by atoms with Gasteiger partial charge in [0.15, 0.2) is 0 Å². The van der Waals surface area contributed by atoms with Crippen LogP contribution in [0.4, 0.5) is 0 Å². The summed E-state index contributed by atoms with van der Waals surface area (Å²) < 4.78 is 0. The average Bonchev–Trinajstić information content (AvgIpc) is 2.70. The number of H-pyrrole nitrogens is 1. The van der Waals surface area contributed by atoms with Gasteiger partial charge in [-0.2, -0.15) is 5.10 Å². The highest BCUT2D eigenvalue weighted by Crippen LogP contribution is 2.11. The molecule has 0 fully saturated rings. The number of likely N-dealkylation sites (N-methyl/N-ethyl adjacent to an activating group) is 1. The molecule has 0 bridgehead atoms. The van der Waals surface area contributed by atoms with Crippen LogP contribution in [-0.2, 0) is 4.79 Å². The van der Waals surface area contributed by atoms with Gasteiger partial charge in [0.05, 0.1) is 17.8 Å². The molecular weight excluding hydrogens is 204 g/mol. The Balaban J connectivity index is 2.57. The van der Waals surface area contributed by atoms with Gasteiger partial charge in [0.25, 0.3) is 0 Å². The summed E-state index contributed by atoms with van der Waals surface area (Å²) in [6.07, 6.45) is 3.50. The number of hydrogen-bond acceptors (Lipinski definition) is 3. The van der Waals surface area contributed by atoms with E-state index in [-0.39, 0.29) is 11.9 Å². The second kappa shape index (κ2) is 5.12. The predicted octanol–water partition coefficient (Wildman–Crippen LogP) is 0.975. The first-order chi connectivity index (χ1) is 7.47. The lowest BCUT2D eigenvalue weighted by atomic mass is 10.0. The minimum Gasteiger partial charge on any atom is -0.348 e. The van der Waals surface area contributed by atoms with Crippen molar-refractivity contribution in [3.05, 3.63) is 18.0 Å². The molecule has 0 saturated carbocycles. The molecule has 1 unspecified atom stereocenters. The molecule has 3 N–H and O–H groups in total. The molecule has 1 amide bonds. The molecule has 0 aliphatic carbocycles. The van der Waals surface area contributed by atoms with Crippen molar-refractivity contribution in [2.75, 3.05) is 6.54 Å². The number of carbonyl (C=O) groups excluding carboxylic acids is 1. The Kier molecular flexibility index (Phi) is 4.06. The fourth-order valence-electron chi connectivity index (χ4n) is 1.48. The number of nitrogens with zero attached hydrogens (tertiary/aromatic N) is 1. The molecule has 0 aromatic carbocycles. The summed E-state index contributed by atoms with van der Waals surface area (Å²) in [6.45, 7) is 8.42. The van der Waals surface area contributed by atoms with E-state index in [1.807, 2.05) is 27.7 Å². The van der Waals surface area contributed by atoms with Crippen LogP contribution in [0, 0.1) is 0 Å². The zero-order valence-corrected chi connectivity index (χ0v) is 10.3. The van der Waals surface area contributed by atoms with Gasteiger partial charge in [-0.25, -0.2) is 0 Å². The van der Waals surface area contributed by atoms with Gasteiger partial charge in [-0.1, -0.05) is 6.92 Å². The maximum absolute atomic E-state index is 12.0. The van der Waals surface area contributed by atoms with Crippen molar-refractivity contribution in [2.24, 2.45) is 0 Å². The van der Waals surface area contributed by atoms with E-state index in [4.69, 9.17) is 0 Å². The Bertz CT molecular complexity index is 332. The van der Waals surface area contributed by atoms with Crippen LogP contribution < -0.4 is 10.6 Å². The highest BCUT2D eigenvalue weighted by atomic mass is 16.2. The molecule has 1 heterocycles. The first-order valence-electron chi connectivity index (χ1n) is 5.52. The number of carbonyl (C=O) groups is 1. The van der Waals surface area contributed by atoms with E-state index in [2.05, 4.69) is 20.8 Å². The fraction of sp³-hybridized carbons (Fsp3) is 0.636. The molecule has 90 valence electrons. The Morgan fingerprint density at radius 3 is 2.81 bits per heavy atom. The van der Waals surface area contributed by atoms with Crippen LogP contribution in [0.2, 0.25) is 0 Å². The minimum absolute atomic E-state index is 0.0111. The fourth-order valence-corrected chi connectivity index (χ4v) is 1.48. The van der Waals surface area contributed by atoms with Crippen molar-refractivity contribution in [1.29, 1.82) is 0 Å². The van der Waals surface area contributed by atoms with Gasteiger partial charge >= 0.3 is 0 Å². The van der Waals surface area contributed by atoms with Crippen molar-refractivity contribution in [3.63, 3.8) is 0 Å². The van der Waals surface area contributed by atoms with Crippen molar-refractivity contribution in [1.82, 2.24) is 20.8 Å². The van der Waals surface area contributed by atoms with E-state index in [9.17, 15) is 4.79 Å². The topological polar surface area (TPSA) is 69.8 Å². The number of hydrogen-bond donors (Lipinski definition) is 3. The Morgan fingerprint density at radius 1 is 1.62 bits per heavy atom. The Morgan fingerprint density at radius 2 is 2.31 bits per heavy atom. The molecule has 1 aromatic rings. The number of nitrogens with one attached hydrogen (secondary N) is 3. The molecule has 5 heteroatoms. The standard InChI is InChI=1S/C11H20N4O/c1-5-12-11(3,4)10(16)15-8(2)9-6-13-14-7-9/h6-8,12H,5H2,1-4H3,(H,13,14)(H,15,16). The van der Waals surface area contributed by atoms with Crippen LogP contribution in [0.3, 0.4) is 0 Å². The predicted molar refractivity (Wildman–Crippen MR) is 62.9 cm³/mol. The second-order valence-corrected chi connectivity index (χ2v) is 4.38. The first-order valence-corrected chi connectivity index (χ1v) is 5.52. The molecule has 16 heavy (non-hydrogen) atoms. The van der Waals surface area contributed by atoms with Crippen LogP contribution in [-0.4, -0.2) is 28.2 Å². The van der Waals surface area contributed by atoms with Crippen molar-refractivity contribution in [2.45, 2.75) is 39.3 Å². The zero-order chi connectivity index (χ0) is 12.2. The van der Waals surface area contributed by atoms with Gasteiger partial charge in [-0.15, -0.1) is 0 Å². The van der Waals surface area contributed by atoms with E-state index < -0.39 is 5.54 Å². The Labute approximate surface area is 96.0 Å². The Hall–Kier alpha value is -1.36. The maximum atomic E-state index is 12.0. The zero-order valence-electron chi connectivity index (χ0n) is 10.3. The van der Waals surface area contributed by atoms with E-state index in [0.717, 1.165) is 12.1 Å². The lowest BCUT2D eigenvalue weighted by molar-refractivity contribution is -0.127. The summed E-state index contributed by atoms with van der Waals surface area (Å²) >= 11 is 0. The summed E-state index contributed by atoms with van der Waals surface area (Å²) in [5, 5.41) is 12.7. The molecule has 1 rings (SSSR count). The van der Waals surface area contributed by atoms with E-state index in [1.54, 1.807) is 12.4 Å². The van der Waals surface area contributed by atoms with Crippen LogP contribution >= 0.6 is 0 Å². The number of aromatic amines is 1. The maximum Gasteiger partial charge on any atom is 0.240 e. The van der Waals surface area contributed by atoms with Gasteiger partial charge < -0.3 is 10.6 Å². The summed E-state index contributed by atoms with van der Waals surface area (Å²) in [5.41, 5.74) is 0.424. The van der Waals surface area contributed by atoms with Gasteiger partial charge in [0.1, 0.15) is 0 Å². The lowest BCUT2D eigenvalue weighted by Crippen LogP contribution is -2.52. The lowest BCUT2D eigenvalue weighted by Gasteiger charge is -2.26.